The van der Waals surface area contributed by atoms with E-state index in [2.05, 4.69) is 32.2 Å². The first-order valence-electron chi connectivity index (χ1n) is 11.4. The van der Waals surface area contributed by atoms with E-state index in [1.54, 1.807) is 54.1 Å². The van der Waals surface area contributed by atoms with Crippen molar-refractivity contribution < 1.29 is 9.59 Å². The third kappa shape index (κ3) is 5.07. The van der Waals surface area contributed by atoms with E-state index >= 15 is 0 Å². The molecular weight excluding hydrogens is 434 g/mol. The maximum atomic E-state index is 13.2. The molecule has 5 heteroatoms. The van der Waals surface area contributed by atoms with Crippen LogP contribution in [0.2, 0.25) is 0 Å². The van der Waals surface area contributed by atoms with Crippen molar-refractivity contribution in [2.45, 2.75) is 33.1 Å². The molecule has 3 aromatic carbocycles. The Morgan fingerprint density at radius 2 is 1.66 bits per heavy atom. The van der Waals surface area contributed by atoms with Crippen molar-refractivity contribution in [3.63, 3.8) is 0 Å². The van der Waals surface area contributed by atoms with Gasteiger partial charge < -0.3 is 5.32 Å². The molecule has 5 nitrogen and oxygen atoms in total. The number of amides is 1. The maximum Gasteiger partial charge on any atom is 0.262 e. The number of nitriles is 1. The fraction of sp³-hybridized carbons (Fsp3) is 0.167. The van der Waals surface area contributed by atoms with Gasteiger partial charge >= 0.3 is 0 Å². The Morgan fingerprint density at radius 3 is 2.29 bits per heavy atom. The molecule has 0 saturated heterocycles. The summed E-state index contributed by atoms with van der Waals surface area (Å²) in [4.78, 5) is 26.1. The van der Waals surface area contributed by atoms with Crippen molar-refractivity contribution in [1.82, 2.24) is 4.57 Å². The number of hydrogen-bond acceptors (Lipinski definition) is 3. The van der Waals surface area contributed by atoms with E-state index in [-0.39, 0.29) is 17.2 Å². The van der Waals surface area contributed by atoms with Crippen LogP contribution in [-0.2, 0) is 10.2 Å². The molecule has 0 fully saturated rings. The van der Waals surface area contributed by atoms with Gasteiger partial charge in [0.05, 0.1) is 17.1 Å². The maximum absolute atomic E-state index is 13.2. The van der Waals surface area contributed by atoms with E-state index in [4.69, 9.17) is 0 Å². The molecular formula is C30H27N3O2. The van der Waals surface area contributed by atoms with Gasteiger partial charge in [-0.25, -0.2) is 0 Å². The van der Waals surface area contributed by atoms with Crippen LogP contribution in [0.3, 0.4) is 0 Å². The van der Waals surface area contributed by atoms with E-state index in [1.165, 1.54) is 5.56 Å². The van der Waals surface area contributed by atoms with Gasteiger partial charge in [-0.3, -0.25) is 14.2 Å². The minimum atomic E-state index is -0.236. The molecule has 1 N–H and O–H groups in total. The summed E-state index contributed by atoms with van der Waals surface area (Å²) in [5, 5.41) is 13.0. The zero-order chi connectivity index (χ0) is 25.2. The van der Waals surface area contributed by atoms with Crippen LogP contribution >= 0.6 is 0 Å². The van der Waals surface area contributed by atoms with Crippen LogP contribution in [0.5, 0.6) is 0 Å². The second kappa shape index (κ2) is 9.44. The van der Waals surface area contributed by atoms with E-state index in [0.717, 1.165) is 5.39 Å². The molecule has 0 radical (unpaired) electrons. The van der Waals surface area contributed by atoms with Crippen LogP contribution in [0.15, 0.2) is 84.6 Å². The zero-order valence-electron chi connectivity index (χ0n) is 20.3. The Hall–Kier alpha value is -4.43. The lowest BCUT2D eigenvalue weighted by Gasteiger charge is -2.19. The lowest BCUT2D eigenvalue weighted by molar-refractivity contribution is -0.112. The van der Waals surface area contributed by atoms with Crippen molar-refractivity contribution in [1.29, 1.82) is 5.26 Å². The number of benzene rings is 3. The van der Waals surface area contributed by atoms with E-state index in [1.807, 2.05) is 42.5 Å². The molecule has 0 unspecified atom stereocenters. The molecule has 0 bridgehead atoms. The fourth-order valence-corrected chi connectivity index (χ4v) is 3.91. The predicted octanol–water partition coefficient (Wildman–Crippen LogP) is 6.54. The average molecular weight is 462 g/mol. The first kappa shape index (κ1) is 23.7. The van der Waals surface area contributed by atoms with Gasteiger partial charge in [0.15, 0.2) is 0 Å². The molecule has 4 aromatic rings. The summed E-state index contributed by atoms with van der Waals surface area (Å²) in [5.74, 6) is -0.416. The fourth-order valence-electron chi connectivity index (χ4n) is 3.91. The smallest absolute Gasteiger partial charge is 0.262 e. The van der Waals surface area contributed by atoms with Crippen LogP contribution in [0.1, 0.15) is 54.7 Å². The minimum Gasteiger partial charge on any atom is -0.322 e. The van der Waals surface area contributed by atoms with Gasteiger partial charge in [0.1, 0.15) is 0 Å². The summed E-state index contributed by atoms with van der Waals surface area (Å²) >= 11 is 0. The highest BCUT2D eigenvalue weighted by Gasteiger charge is 2.17. The summed E-state index contributed by atoms with van der Waals surface area (Å²) in [7, 11) is 0. The molecule has 0 aliphatic heterocycles. The number of rotatable bonds is 4. The Balaban J connectivity index is 1.68. The summed E-state index contributed by atoms with van der Waals surface area (Å²) in [5.41, 5.74) is 4.82. The van der Waals surface area contributed by atoms with Crippen molar-refractivity contribution >= 4 is 34.5 Å². The van der Waals surface area contributed by atoms with Crippen LogP contribution in [0.25, 0.3) is 17.0 Å². The lowest BCUT2D eigenvalue weighted by atomic mass is 9.87. The lowest BCUT2D eigenvalue weighted by Crippen LogP contribution is -2.14. The van der Waals surface area contributed by atoms with Gasteiger partial charge in [-0.2, -0.15) is 5.26 Å². The highest BCUT2D eigenvalue weighted by Crippen LogP contribution is 2.27. The number of anilines is 1. The van der Waals surface area contributed by atoms with Crippen LogP contribution in [-0.4, -0.2) is 16.4 Å². The first-order chi connectivity index (χ1) is 16.7. The van der Waals surface area contributed by atoms with E-state index in [9.17, 15) is 14.9 Å². The standard InChI is InChI=1S/C30H27N3O2/c1-20(28(34)32-25-13-11-24(12-14-25)30(2,3)4)16-23-19-33(29(35)22-8-6-5-7-9-22)27-15-10-21(18-31)17-26(23)27/h5-17,19H,1-4H3,(H,32,34)/b20-16+. The second-order valence-corrected chi connectivity index (χ2v) is 9.58. The summed E-state index contributed by atoms with van der Waals surface area (Å²) in [6, 6.07) is 24.2. The molecule has 174 valence electrons. The second-order valence-electron chi connectivity index (χ2n) is 9.58. The first-order valence-corrected chi connectivity index (χ1v) is 11.4. The average Bonchev–Trinajstić information content (AvgIpc) is 3.21. The quantitative estimate of drug-likeness (QED) is 0.351. The molecule has 1 amide bonds. The third-order valence-electron chi connectivity index (χ3n) is 5.94. The highest BCUT2D eigenvalue weighted by atomic mass is 16.2. The third-order valence-corrected chi connectivity index (χ3v) is 5.94. The van der Waals surface area contributed by atoms with Crippen molar-refractivity contribution in [3.8, 4) is 6.07 Å². The van der Waals surface area contributed by atoms with Crippen LogP contribution < -0.4 is 5.32 Å². The SMILES string of the molecule is C/C(=C\c1cn(C(=O)c2ccccc2)c2ccc(C#N)cc12)C(=O)Nc1ccc(C(C)(C)C)cc1. The summed E-state index contributed by atoms with van der Waals surface area (Å²) in [6.07, 6.45) is 3.47. The van der Waals surface area contributed by atoms with Gasteiger partial charge in [0.2, 0.25) is 0 Å². The van der Waals surface area contributed by atoms with Gasteiger partial charge in [0.25, 0.3) is 11.8 Å². The minimum absolute atomic E-state index is 0.0338. The van der Waals surface area contributed by atoms with Crippen LogP contribution in [0.4, 0.5) is 5.69 Å². The Morgan fingerprint density at radius 1 is 0.971 bits per heavy atom. The Kier molecular flexibility index (Phi) is 6.40. The van der Waals surface area contributed by atoms with Gasteiger partial charge in [0, 0.05) is 34.0 Å². The molecule has 1 heterocycles. The van der Waals surface area contributed by atoms with Crippen molar-refractivity contribution in [2.24, 2.45) is 0 Å². The monoisotopic (exact) mass is 461 g/mol. The normalized spacial score (nSPS) is 11.8. The van der Waals surface area contributed by atoms with Crippen molar-refractivity contribution in [2.75, 3.05) is 5.32 Å². The number of carbonyl (C=O) groups is 2. The molecule has 35 heavy (non-hydrogen) atoms. The van der Waals surface area contributed by atoms with Gasteiger partial charge in [-0.15, -0.1) is 0 Å². The Labute approximate surface area is 205 Å². The molecule has 0 atom stereocenters. The van der Waals surface area contributed by atoms with Gasteiger partial charge in [-0.1, -0.05) is 51.1 Å². The molecule has 1 aromatic heterocycles. The molecule has 0 spiro atoms. The number of nitrogens with zero attached hydrogens (tertiary/aromatic N) is 2. The van der Waals surface area contributed by atoms with Crippen LogP contribution in [0, 0.1) is 11.3 Å². The van der Waals surface area contributed by atoms with Crippen molar-refractivity contribution in [3.05, 3.63) is 107 Å². The molecule has 4 rings (SSSR count). The zero-order valence-corrected chi connectivity index (χ0v) is 20.3. The number of fused-ring (bicyclic) bond motifs is 1. The number of aromatic nitrogens is 1. The summed E-state index contributed by atoms with van der Waals surface area (Å²) in [6.45, 7) is 8.16. The number of nitrogens with one attached hydrogen (secondary N) is 1. The largest absolute Gasteiger partial charge is 0.322 e. The predicted molar refractivity (Wildman–Crippen MR) is 140 cm³/mol. The highest BCUT2D eigenvalue weighted by molar-refractivity contribution is 6.09. The summed E-state index contributed by atoms with van der Waals surface area (Å²) < 4.78 is 1.56. The molecule has 0 aliphatic carbocycles. The number of hydrogen-bond donors (Lipinski definition) is 1. The molecule has 0 saturated carbocycles. The van der Waals surface area contributed by atoms with Gasteiger partial charge in [-0.05, 0) is 66.4 Å². The topological polar surface area (TPSA) is 74.9 Å². The number of carbonyl (C=O) groups excluding carboxylic acids is 2. The Bertz CT molecular complexity index is 1480. The van der Waals surface area contributed by atoms with E-state index in [0.29, 0.717) is 33.5 Å². The van der Waals surface area contributed by atoms with E-state index < -0.39 is 0 Å². The molecule has 0 aliphatic rings.